The average Bonchev–Trinajstić information content (AvgIpc) is 3.14. The van der Waals surface area contributed by atoms with E-state index in [1.807, 2.05) is 0 Å². The first-order valence-corrected chi connectivity index (χ1v) is 17.7. The molecular weight excluding hydrogens is 617 g/mol. The van der Waals surface area contributed by atoms with Crippen molar-refractivity contribution >= 4 is 46.3 Å². The molecule has 2 heteroatoms. The van der Waals surface area contributed by atoms with Crippen LogP contribution in [0.3, 0.4) is 0 Å². The SMILES string of the molecule is Cc1cccc(N(c2ccc(-c3ccc(/C=C\c4ccc(N(c5ccccc5C)c5ccccc5C)cc4C)cc3)cc2)c2cccc(C)c2)c1. The van der Waals surface area contributed by atoms with E-state index in [2.05, 4.69) is 220 Å². The Morgan fingerprint density at radius 3 is 1.35 bits per heavy atom. The molecule has 0 radical (unpaired) electrons. The molecule has 0 aromatic heterocycles. The quantitative estimate of drug-likeness (QED) is 0.142. The average molecular weight is 661 g/mol. The normalized spacial score (nSPS) is 11.2. The van der Waals surface area contributed by atoms with E-state index in [-0.39, 0.29) is 0 Å². The highest BCUT2D eigenvalue weighted by molar-refractivity contribution is 5.83. The van der Waals surface area contributed by atoms with Crippen molar-refractivity contribution in [3.8, 4) is 11.1 Å². The van der Waals surface area contributed by atoms with Gasteiger partial charge in [-0.2, -0.15) is 0 Å². The van der Waals surface area contributed by atoms with Crippen LogP contribution in [-0.4, -0.2) is 0 Å². The zero-order valence-electron chi connectivity index (χ0n) is 30.1. The zero-order chi connectivity index (χ0) is 35.3. The molecule has 250 valence electrons. The van der Waals surface area contributed by atoms with Gasteiger partial charge in [-0.15, -0.1) is 0 Å². The molecule has 0 atom stereocenters. The van der Waals surface area contributed by atoms with Gasteiger partial charge in [0.1, 0.15) is 0 Å². The monoisotopic (exact) mass is 660 g/mol. The summed E-state index contributed by atoms with van der Waals surface area (Å²) in [7, 11) is 0. The summed E-state index contributed by atoms with van der Waals surface area (Å²) in [6.45, 7) is 10.8. The summed E-state index contributed by atoms with van der Waals surface area (Å²) in [6, 6.07) is 59.1. The predicted octanol–water partition coefficient (Wildman–Crippen LogP) is 14.0. The van der Waals surface area contributed by atoms with E-state index in [1.54, 1.807) is 0 Å². The van der Waals surface area contributed by atoms with E-state index >= 15 is 0 Å². The number of rotatable bonds is 9. The molecule has 0 aliphatic rings. The van der Waals surface area contributed by atoms with Gasteiger partial charge in [0.15, 0.2) is 0 Å². The third-order valence-corrected chi connectivity index (χ3v) is 9.57. The highest BCUT2D eigenvalue weighted by Crippen LogP contribution is 2.39. The van der Waals surface area contributed by atoms with E-state index in [1.165, 1.54) is 61.4 Å². The minimum Gasteiger partial charge on any atom is -0.310 e. The number of para-hydroxylation sites is 2. The lowest BCUT2D eigenvalue weighted by molar-refractivity contribution is 1.22. The van der Waals surface area contributed by atoms with Crippen molar-refractivity contribution in [2.45, 2.75) is 34.6 Å². The first kappa shape index (κ1) is 33.4. The Hall–Kier alpha value is -6.12. The van der Waals surface area contributed by atoms with Gasteiger partial charge in [0.05, 0.1) is 0 Å². The van der Waals surface area contributed by atoms with Crippen LogP contribution >= 0.6 is 0 Å². The molecule has 0 bridgehead atoms. The summed E-state index contributed by atoms with van der Waals surface area (Å²) in [4.78, 5) is 4.70. The number of hydrogen-bond acceptors (Lipinski definition) is 2. The predicted molar refractivity (Wildman–Crippen MR) is 220 cm³/mol. The van der Waals surface area contributed by atoms with Crippen LogP contribution in [0.4, 0.5) is 34.1 Å². The lowest BCUT2D eigenvalue weighted by Crippen LogP contribution is -2.12. The fourth-order valence-corrected chi connectivity index (χ4v) is 6.78. The molecule has 0 heterocycles. The highest BCUT2D eigenvalue weighted by atomic mass is 15.1. The van der Waals surface area contributed by atoms with Crippen molar-refractivity contribution in [1.82, 2.24) is 0 Å². The Kier molecular flexibility index (Phi) is 9.67. The smallest absolute Gasteiger partial charge is 0.0490 e. The molecule has 51 heavy (non-hydrogen) atoms. The van der Waals surface area contributed by atoms with Crippen molar-refractivity contribution in [2.75, 3.05) is 9.80 Å². The maximum absolute atomic E-state index is 2.37. The second-order valence-electron chi connectivity index (χ2n) is 13.5. The van der Waals surface area contributed by atoms with Gasteiger partial charge in [-0.3, -0.25) is 0 Å². The van der Waals surface area contributed by atoms with E-state index in [0.717, 1.165) is 22.7 Å². The van der Waals surface area contributed by atoms with E-state index in [4.69, 9.17) is 0 Å². The Labute approximate surface area is 303 Å². The van der Waals surface area contributed by atoms with Gasteiger partial charge < -0.3 is 9.80 Å². The first-order chi connectivity index (χ1) is 24.8. The molecule has 2 nitrogen and oxygen atoms in total. The Morgan fingerprint density at radius 1 is 0.353 bits per heavy atom. The Bertz CT molecular complexity index is 2220. The largest absolute Gasteiger partial charge is 0.310 e. The van der Waals surface area contributed by atoms with Crippen LogP contribution in [-0.2, 0) is 0 Å². The van der Waals surface area contributed by atoms with Gasteiger partial charge >= 0.3 is 0 Å². The van der Waals surface area contributed by atoms with Gasteiger partial charge in [-0.25, -0.2) is 0 Å². The summed E-state index contributed by atoms with van der Waals surface area (Å²) in [5.74, 6) is 0. The minimum atomic E-state index is 1.14. The molecule has 0 saturated carbocycles. The van der Waals surface area contributed by atoms with Crippen molar-refractivity contribution in [3.63, 3.8) is 0 Å². The summed E-state index contributed by atoms with van der Waals surface area (Å²) in [5.41, 5.74) is 18.0. The van der Waals surface area contributed by atoms with Crippen LogP contribution < -0.4 is 9.80 Å². The van der Waals surface area contributed by atoms with Crippen LogP contribution in [0, 0.1) is 34.6 Å². The van der Waals surface area contributed by atoms with Crippen molar-refractivity contribution in [2.24, 2.45) is 0 Å². The molecule has 0 spiro atoms. The molecular formula is C49H44N2. The van der Waals surface area contributed by atoms with Gasteiger partial charge in [0.2, 0.25) is 0 Å². The van der Waals surface area contributed by atoms with Crippen LogP contribution in [0.2, 0.25) is 0 Å². The number of anilines is 6. The van der Waals surface area contributed by atoms with Crippen LogP contribution in [0.15, 0.2) is 164 Å². The molecule has 0 aliphatic heterocycles. The summed E-state index contributed by atoms with van der Waals surface area (Å²) >= 11 is 0. The maximum atomic E-state index is 2.37. The fraction of sp³-hybridized carbons (Fsp3) is 0.102. The summed E-state index contributed by atoms with van der Waals surface area (Å²) in [5, 5.41) is 0. The lowest BCUT2D eigenvalue weighted by Gasteiger charge is -2.29. The molecule has 0 unspecified atom stereocenters. The van der Waals surface area contributed by atoms with Gasteiger partial charge in [-0.05, 0) is 145 Å². The molecule has 0 fully saturated rings. The highest BCUT2D eigenvalue weighted by Gasteiger charge is 2.17. The lowest BCUT2D eigenvalue weighted by atomic mass is 10.0. The van der Waals surface area contributed by atoms with Crippen molar-refractivity contribution < 1.29 is 0 Å². The third kappa shape index (κ3) is 7.41. The number of nitrogens with zero attached hydrogens (tertiary/aromatic N) is 2. The first-order valence-electron chi connectivity index (χ1n) is 17.7. The molecule has 0 aliphatic carbocycles. The topological polar surface area (TPSA) is 6.48 Å². The second kappa shape index (κ2) is 14.8. The van der Waals surface area contributed by atoms with Crippen LogP contribution in [0.1, 0.15) is 38.9 Å². The number of hydrogen-bond donors (Lipinski definition) is 0. The fourth-order valence-electron chi connectivity index (χ4n) is 6.78. The maximum Gasteiger partial charge on any atom is 0.0490 e. The third-order valence-electron chi connectivity index (χ3n) is 9.57. The molecule has 0 saturated heterocycles. The standard InChI is InChI=1S/C49H44N2/c1-35-12-10-16-45(32-35)50(46-17-11-13-36(2)33-46)44-29-27-43(28-30-44)42-24-21-40(22-25-42)20-23-41-26-31-47(34-39(41)5)51(48-18-8-6-14-37(48)3)49-19-9-7-15-38(49)4/h6-34H,1-5H3/b23-20-. The van der Waals surface area contributed by atoms with E-state index in [0.29, 0.717) is 0 Å². The zero-order valence-corrected chi connectivity index (χ0v) is 30.1. The van der Waals surface area contributed by atoms with E-state index in [9.17, 15) is 0 Å². The van der Waals surface area contributed by atoms with Gasteiger partial charge in [0.25, 0.3) is 0 Å². The molecule has 7 aromatic rings. The number of aryl methyl sites for hydroxylation is 5. The van der Waals surface area contributed by atoms with Crippen molar-refractivity contribution in [1.29, 1.82) is 0 Å². The van der Waals surface area contributed by atoms with Gasteiger partial charge in [-0.1, -0.05) is 115 Å². The summed E-state index contributed by atoms with van der Waals surface area (Å²) in [6.07, 6.45) is 4.43. The summed E-state index contributed by atoms with van der Waals surface area (Å²) < 4.78 is 0. The van der Waals surface area contributed by atoms with Crippen LogP contribution in [0.25, 0.3) is 23.3 Å². The minimum absolute atomic E-state index is 1.14. The molecule has 0 N–H and O–H groups in total. The Balaban J connectivity index is 1.11. The second-order valence-corrected chi connectivity index (χ2v) is 13.5. The molecule has 7 rings (SSSR count). The number of benzene rings is 7. The molecule has 0 amide bonds. The molecule has 7 aromatic carbocycles. The van der Waals surface area contributed by atoms with Gasteiger partial charge in [0, 0.05) is 34.1 Å². The van der Waals surface area contributed by atoms with E-state index < -0.39 is 0 Å². The van der Waals surface area contributed by atoms with Crippen LogP contribution in [0.5, 0.6) is 0 Å². The Morgan fingerprint density at radius 2 is 0.843 bits per heavy atom. The van der Waals surface area contributed by atoms with Crippen molar-refractivity contribution in [3.05, 3.63) is 203 Å².